The molecule has 2 atom stereocenters. The number of carboxylic acid groups (broad SMARTS) is 1. The molecule has 10 nitrogen and oxygen atoms in total. The van der Waals surface area contributed by atoms with E-state index < -0.39 is 11.6 Å². The van der Waals surface area contributed by atoms with Crippen LogP contribution in [-0.2, 0) is 20.9 Å². The van der Waals surface area contributed by atoms with Crippen molar-refractivity contribution in [2.24, 2.45) is 0 Å². The fraction of sp³-hybridized carbons (Fsp3) is 0.696. The van der Waals surface area contributed by atoms with Crippen LogP contribution >= 0.6 is 0 Å². The number of aliphatic hydroxyl groups is 1. The van der Waals surface area contributed by atoms with Gasteiger partial charge in [0.05, 0.1) is 32.0 Å². The predicted molar refractivity (Wildman–Crippen MR) is 121 cm³/mol. The Hall–Kier alpha value is -2.43. The number of rotatable bonds is 7. The maximum Gasteiger partial charge on any atom is 0.290 e. The Morgan fingerprint density at radius 3 is 2.61 bits per heavy atom. The van der Waals surface area contributed by atoms with Crippen molar-refractivity contribution in [3.63, 3.8) is 0 Å². The van der Waals surface area contributed by atoms with E-state index in [2.05, 4.69) is 15.2 Å². The van der Waals surface area contributed by atoms with Crippen LogP contribution in [0.5, 0.6) is 11.5 Å². The molecule has 2 saturated heterocycles. The maximum atomic E-state index is 12.2. The summed E-state index contributed by atoms with van der Waals surface area (Å²) < 4.78 is 17.0. The molecule has 3 N–H and O–H groups in total. The van der Waals surface area contributed by atoms with Gasteiger partial charge in [-0.2, -0.15) is 0 Å². The molecule has 0 unspecified atom stereocenters. The largest absolute Gasteiger partial charge is 0.493 e. The van der Waals surface area contributed by atoms with Gasteiger partial charge in [-0.15, -0.1) is 0 Å². The SMILES string of the molecule is CCCC(=O)N[C@]1(C)CC2(CCN(Cc3nccc(OC)c3OC)CC2)OC[C@H]1O.O=CO. The van der Waals surface area contributed by atoms with Gasteiger partial charge in [0.25, 0.3) is 6.47 Å². The highest BCUT2D eigenvalue weighted by Gasteiger charge is 2.50. The van der Waals surface area contributed by atoms with E-state index in [-0.39, 0.29) is 24.6 Å². The lowest BCUT2D eigenvalue weighted by atomic mass is 9.74. The van der Waals surface area contributed by atoms with Crippen molar-refractivity contribution in [3.8, 4) is 11.5 Å². The lowest BCUT2D eigenvalue weighted by molar-refractivity contribution is -0.181. The summed E-state index contributed by atoms with van der Waals surface area (Å²) in [6, 6.07) is 1.79. The highest BCUT2D eigenvalue weighted by Crippen LogP contribution is 2.40. The molecule has 1 spiro atoms. The minimum Gasteiger partial charge on any atom is -0.493 e. The zero-order chi connectivity index (χ0) is 24.5. The Balaban J connectivity index is 0.00000122. The smallest absolute Gasteiger partial charge is 0.290 e. The number of aliphatic hydroxyl groups excluding tert-OH is 1. The first-order valence-corrected chi connectivity index (χ1v) is 11.3. The average molecular weight is 468 g/mol. The lowest BCUT2D eigenvalue weighted by Crippen LogP contribution is -2.65. The Labute approximate surface area is 195 Å². The summed E-state index contributed by atoms with van der Waals surface area (Å²) in [6.07, 6.45) is 4.59. The molecule has 1 amide bonds. The molecule has 3 rings (SSSR count). The number of pyridine rings is 1. The van der Waals surface area contributed by atoms with E-state index in [1.54, 1.807) is 26.5 Å². The Morgan fingerprint density at radius 1 is 1.36 bits per heavy atom. The summed E-state index contributed by atoms with van der Waals surface area (Å²) >= 11 is 0. The second kappa shape index (κ2) is 12.2. The number of nitrogens with one attached hydrogen (secondary N) is 1. The topological polar surface area (TPSA) is 130 Å². The van der Waals surface area contributed by atoms with E-state index in [0.29, 0.717) is 30.9 Å². The van der Waals surface area contributed by atoms with E-state index in [4.69, 9.17) is 24.1 Å². The molecule has 33 heavy (non-hydrogen) atoms. The minimum atomic E-state index is -0.702. The maximum absolute atomic E-state index is 12.2. The number of nitrogens with zero attached hydrogens (tertiary/aromatic N) is 2. The van der Waals surface area contributed by atoms with E-state index in [1.807, 2.05) is 13.8 Å². The fourth-order valence-corrected chi connectivity index (χ4v) is 4.63. The molecule has 0 bridgehead atoms. The zero-order valence-corrected chi connectivity index (χ0v) is 20.0. The van der Waals surface area contributed by atoms with Crippen LogP contribution in [0.15, 0.2) is 12.3 Å². The number of amides is 1. The molecule has 0 aromatic carbocycles. The quantitative estimate of drug-likeness (QED) is 0.512. The van der Waals surface area contributed by atoms with Gasteiger partial charge in [0, 0.05) is 44.7 Å². The van der Waals surface area contributed by atoms with Gasteiger partial charge in [-0.25, -0.2) is 0 Å². The summed E-state index contributed by atoms with van der Waals surface area (Å²) in [5.74, 6) is 1.34. The van der Waals surface area contributed by atoms with Crippen LogP contribution in [0, 0.1) is 0 Å². The standard InChI is InChI=1S/C22H35N3O5.CH2O2/c1-5-6-19(27)24-21(2)15-22(30-14-18(21)26)8-11-25(12-9-22)13-16-20(29-4)17(28-3)7-10-23-16;2-1-3/h7,10,18,26H,5-6,8-9,11-15H2,1-4H3,(H,24,27);1H,(H,2,3)/t18-,21-;/m1./s1. The van der Waals surface area contributed by atoms with Gasteiger partial charge >= 0.3 is 0 Å². The number of carbonyl (C=O) groups is 2. The molecule has 0 saturated carbocycles. The van der Waals surface area contributed by atoms with E-state index in [9.17, 15) is 9.90 Å². The molecule has 3 heterocycles. The second-order valence-electron chi connectivity index (χ2n) is 8.78. The average Bonchev–Trinajstić information content (AvgIpc) is 2.78. The van der Waals surface area contributed by atoms with Gasteiger partial charge in [-0.05, 0) is 26.2 Å². The van der Waals surface area contributed by atoms with Gasteiger partial charge in [0.2, 0.25) is 5.91 Å². The highest BCUT2D eigenvalue weighted by molar-refractivity contribution is 5.76. The number of carbonyl (C=O) groups excluding carboxylic acids is 1. The molecule has 2 fully saturated rings. The first-order chi connectivity index (χ1) is 15.8. The van der Waals surface area contributed by atoms with Crippen LogP contribution in [0.1, 0.15) is 51.6 Å². The molecule has 1 aromatic rings. The third-order valence-electron chi connectivity index (χ3n) is 6.38. The van der Waals surface area contributed by atoms with Gasteiger partial charge in [0.15, 0.2) is 11.5 Å². The molecule has 1 aromatic heterocycles. The number of hydrogen-bond acceptors (Lipinski definition) is 8. The van der Waals surface area contributed by atoms with E-state index in [1.165, 1.54) is 0 Å². The number of piperidine rings is 1. The molecular formula is C23H37N3O7. The normalized spacial score (nSPS) is 24.3. The molecular weight excluding hydrogens is 430 g/mol. The van der Waals surface area contributed by atoms with Crippen LogP contribution in [0.25, 0.3) is 0 Å². The monoisotopic (exact) mass is 467 g/mol. The first kappa shape index (κ1) is 26.8. The van der Waals surface area contributed by atoms with Gasteiger partial charge in [0.1, 0.15) is 11.8 Å². The zero-order valence-electron chi connectivity index (χ0n) is 20.0. The van der Waals surface area contributed by atoms with Crippen LogP contribution in [0.4, 0.5) is 0 Å². The minimum absolute atomic E-state index is 0.00951. The van der Waals surface area contributed by atoms with Gasteiger partial charge in [-0.1, -0.05) is 6.92 Å². The summed E-state index contributed by atoms with van der Waals surface area (Å²) in [5.41, 5.74) is -0.135. The highest BCUT2D eigenvalue weighted by atomic mass is 16.5. The molecule has 2 aliphatic heterocycles. The molecule has 0 aliphatic carbocycles. The van der Waals surface area contributed by atoms with E-state index in [0.717, 1.165) is 38.0 Å². The molecule has 2 aliphatic rings. The van der Waals surface area contributed by atoms with E-state index >= 15 is 0 Å². The van der Waals surface area contributed by atoms with Crippen molar-refractivity contribution in [3.05, 3.63) is 18.0 Å². The number of methoxy groups -OCH3 is 2. The van der Waals surface area contributed by atoms with Gasteiger partial charge < -0.3 is 29.7 Å². The number of likely N-dealkylation sites (tertiary alicyclic amines) is 1. The summed E-state index contributed by atoms with van der Waals surface area (Å²) in [7, 11) is 3.25. The van der Waals surface area contributed by atoms with Crippen LogP contribution in [0.2, 0.25) is 0 Å². The fourth-order valence-electron chi connectivity index (χ4n) is 4.63. The molecule has 0 radical (unpaired) electrons. The molecule has 186 valence electrons. The third-order valence-corrected chi connectivity index (χ3v) is 6.38. The Morgan fingerprint density at radius 2 is 2.03 bits per heavy atom. The predicted octanol–water partition coefficient (Wildman–Crippen LogP) is 1.59. The summed E-state index contributed by atoms with van der Waals surface area (Å²) in [6.45, 7) is 6.27. The van der Waals surface area contributed by atoms with Crippen molar-refractivity contribution in [1.29, 1.82) is 0 Å². The Kier molecular flexibility index (Phi) is 9.87. The number of hydrogen-bond donors (Lipinski definition) is 3. The van der Waals surface area contributed by atoms with Crippen LogP contribution in [0.3, 0.4) is 0 Å². The van der Waals surface area contributed by atoms with Crippen molar-refractivity contribution < 1.29 is 34.0 Å². The number of aromatic nitrogens is 1. The number of ether oxygens (including phenoxy) is 3. The Bertz CT molecular complexity index is 783. The van der Waals surface area contributed by atoms with Crippen LogP contribution in [-0.4, -0.2) is 83.6 Å². The molecule has 10 heteroatoms. The van der Waals surface area contributed by atoms with Crippen molar-refractivity contribution >= 4 is 12.4 Å². The van der Waals surface area contributed by atoms with Gasteiger partial charge in [-0.3, -0.25) is 19.5 Å². The van der Waals surface area contributed by atoms with Crippen LogP contribution < -0.4 is 14.8 Å². The van der Waals surface area contributed by atoms with Crippen molar-refractivity contribution in [2.45, 2.75) is 69.7 Å². The summed E-state index contributed by atoms with van der Waals surface area (Å²) in [5, 5.41) is 20.5. The third kappa shape index (κ3) is 6.78. The van der Waals surface area contributed by atoms with Crippen molar-refractivity contribution in [2.75, 3.05) is 33.9 Å². The summed E-state index contributed by atoms with van der Waals surface area (Å²) in [4.78, 5) is 27.4. The lowest BCUT2D eigenvalue weighted by Gasteiger charge is -2.52. The first-order valence-electron chi connectivity index (χ1n) is 11.3. The van der Waals surface area contributed by atoms with Crippen molar-refractivity contribution in [1.82, 2.24) is 15.2 Å². The second-order valence-corrected chi connectivity index (χ2v) is 8.78.